The molecule has 3 rings (SSSR count). The number of H-pyrrole nitrogens is 1. The predicted octanol–water partition coefficient (Wildman–Crippen LogP) is 0.936. The van der Waals surface area contributed by atoms with Crippen LogP contribution in [0.2, 0.25) is 0 Å². The molecule has 3 heterocycles. The van der Waals surface area contributed by atoms with E-state index in [9.17, 15) is 14.4 Å². The largest absolute Gasteiger partial charge is 0.344 e. The number of halogens is 2. The van der Waals surface area contributed by atoms with Gasteiger partial charge in [0.15, 0.2) is 3.83 Å². The SMILES string of the molecule is CC1CCCN1C(=O)C(Cc1nc(I)[nH]c1I)NC(=O)C1CCC(=O)N1. The molecule has 1 aromatic rings. The molecular weight excluding hydrogens is 564 g/mol. The number of likely N-dealkylation sites (tertiary alicyclic amines) is 1. The Kier molecular flexibility index (Phi) is 6.41. The highest BCUT2D eigenvalue weighted by Gasteiger charge is 2.35. The van der Waals surface area contributed by atoms with Crippen molar-refractivity contribution >= 4 is 62.9 Å². The predicted molar refractivity (Wildman–Crippen MR) is 111 cm³/mol. The topological polar surface area (TPSA) is 107 Å². The Morgan fingerprint density at radius 3 is 2.69 bits per heavy atom. The molecule has 142 valence electrons. The number of aromatic nitrogens is 2. The summed E-state index contributed by atoms with van der Waals surface area (Å²) in [5, 5.41) is 5.51. The maximum absolute atomic E-state index is 13.1. The van der Waals surface area contributed by atoms with Crippen LogP contribution >= 0.6 is 45.2 Å². The molecule has 2 saturated heterocycles. The minimum absolute atomic E-state index is 0.0820. The van der Waals surface area contributed by atoms with Crippen molar-refractivity contribution in [2.75, 3.05) is 6.54 Å². The van der Waals surface area contributed by atoms with E-state index in [0.29, 0.717) is 25.8 Å². The summed E-state index contributed by atoms with van der Waals surface area (Å²) in [6, 6.07) is -1.08. The highest BCUT2D eigenvalue weighted by Crippen LogP contribution is 2.20. The summed E-state index contributed by atoms with van der Waals surface area (Å²) in [6.45, 7) is 2.74. The number of nitrogens with one attached hydrogen (secondary N) is 3. The summed E-state index contributed by atoms with van der Waals surface area (Å²) in [7, 11) is 0. The summed E-state index contributed by atoms with van der Waals surface area (Å²) >= 11 is 4.24. The number of rotatable bonds is 5. The average Bonchev–Trinajstić information content (AvgIpc) is 3.27. The quantitative estimate of drug-likeness (QED) is 0.448. The van der Waals surface area contributed by atoms with Gasteiger partial charge in [0.2, 0.25) is 17.7 Å². The molecular formula is C16H21I2N5O3. The lowest BCUT2D eigenvalue weighted by molar-refractivity contribution is -0.137. The number of carbonyl (C=O) groups is 3. The van der Waals surface area contributed by atoms with E-state index in [4.69, 9.17) is 0 Å². The summed E-state index contributed by atoms with van der Waals surface area (Å²) in [5.41, 5.74) is 0.760. The Balaban J connectivity index is 1.76. The summed E-state index contributed by atoms with van der Waals surface area (Å²) in [5.74, 6) is -0.514. The molecule has 0 aliphatic carbocycles. The van der Waals surface area contributed by atoms with Crippen molar-refractivity contribution in [1.82, 2.24) is 25.5 Å². The molecule has 10 heteroatoms. The summed E-state index contributed by atoms with van der Waals surface area (Å²) < 4.78 is 1.61. The smallest absolute Gasteiger partial charge is 0.245 e. The first-order chi connectivity index (χ1) is 12.3. The van der Waals surface area contributed by atoms with Gasteiger partial charge in [-0.25, -0.2) is 4.98 Å². The molecule has 2 aliphatic rings. The van der Waals surface area contributed by atoms with E-state index in [1.165, 1.54) is 0 Å². The summed E-state index contributed by atoms with van der Waals surface area (Å²) in [4.78, 5) is 46.4. The number of nitrogens with zero attached hydrogens (tertiary/aromatic N) is 2. The van der Waals surface area contributed by atoms with Crippen LogP contribution in [0.1, 0.15) is 38.3 Å². The van der Waals surface area contributed by atoms with Gasteiger partial charge < -0.3 is 20.5 Å². The Labute approximate surface area is 178 Å². The number of amides is 3. The van der Waals surface area contributed by atoms with Gasteiger partial charge in [-0.2, -0.15) is 0 Å². The van der Waals surface area contributed by atoms with E-state index in [0.717, 1.165) is 26.1 Å². The van der Waals surface area contributed by atoms with E-state index in [-0.39, 0.29) is 23.8 Å². The summed E-state index contributed by atoms with van der Waals surface area (Å²) in [6.07, 6.45) is 3.08. The Bertz CT molecular complexity index is 723. The van der Waals surface area contributed by atoms with E-state index in [1.807, 2.05) is 11.8 Å². The normalized spacial score (nSPS) is 23.8. The average molecular weight is 585 g/mol. The molecule has 2 aliphatic heterocycles. The number of hydrogen-bond acceptors (Lipinski definition) is 4. The number of carbonyl (C=O) groups excluding carboxylic acids is 3. The van der Waals surface area contributed by atoms with Gasteiger partial charge >= 0.3 is 0 Å². The molecule has 8 nitrogen and oxygen atoms in total. The van der Waals surface area contributed by atoms with Crippen molar-refractivity contribution in [1.29, 1.82) is 0 Å². The van der Waals surface area contributed by atoms with Crippen LogP contribution in [-0.4, -0.2) is 57.3 Å². The van der Waals surface area contributed by atoms with Gasteiger partial charge in [0.05, 0.1) is 5.69 Å². The molecule has 3 N–H and O–H groups in total. The molecule has 0 saturated carbocycles. The molecule has 0 bridgehead atoms. The monoisotopic (exact) mass is 585 g/mol. The third-order valence-corrected chi connectivity index (χ3v) is 6.26. The third kappa shape index (κ3) is 4.49. The van der Waals surface area contributed by atoms with E-state index < -0.39 is 12.1 Å². The molecule has 0 radical (unpaired) electrons. The molecule has 0 aromatic carbocycles. The second kappa shape index (κ2) is 8.40. The van der Waals surface area contributed by atoms with Gasteiger partial charge in [-0.05, 0) is 71.4 Å². The van der Waals surface area contributed by atoms with E-state index in [1.54, 1.807) is 0 Å². The molecule has 1 aromatic heterocycles. The molecule has 0 spiro atoms. The first kappa shape index (κ1) is 19.8. The van der Waals surface area contributed by atoms with Gasteiger partial charge in [0.25, 0.3) is 0 Å². The zero-order valence-corrected chi connectivity index (χ0v) is 18.7. The van der Waals surface area contributed by atoms with Crippen LogP contribution < -0.4 is 10.6 Å². The number of hydrogen-bond donors (Lipinski definition) is 3. The van der Waals surface area contributed by atoms with Crippen molar-refractivity contribution in [2.24, 2.45) is 0 Å². The van der Waals surface area contributed by atoms with Gasteiger partial charge in [-0.1, -0.05) is 0 Å². The Hall–Kier alpha value is -0.920. The molecule has 3 amide bonds. The van der Waals surface area contributed by atoms with Crippen molar-refractivity contribution < 1.29 is 14.4 Å². The second-order valence-corrected chi connectivity index (χ2v) is 8.84. The van der Waals surface area contributed by atoms with Crippen LogP contribution in [0.15, 0.2) is 0 Å². The minimum Gasteiger partial charge on any atom is -0.344 e. The maximum Gasteiger partial charge on any atom is 0.245 e. The van der Waals surface area contributed by atoms with Gasteiger partial charge in [-0.3, -0.25) is 14.4 Å². The van der Waals surface area contributed by atoms with Crippen molar-refractivity contribution in [2.45, 2.75) is 57.2 Å². The zero-order valence-electron chi connectivity index (χ0n) is 14.3. The number of imidazole rings is 1. The first-order valence-electron chi connectivity index (χ1n) is 8.65. The van der Waals surface area contributed by atoms with Crippen LogP contribution in [0.5, 0.6) is 0 Å². The van der Waals surface area contributed by atoms with Crippen LogP contribution in [0, 0.1) is 7.53 Å². The van der Waals surface area contributed by atoms with E-state index in [2.05, 4.69) is 65.8 Å². The maximum atomic E-state index is 13.1. The van der Waals surface area contributed by atoms with Gasteiger partial charge in [-0.15, -0.1) is 0 Å². The molecule has 3 unspecified atom stereocenters. The van der Waals surface area contributed by atoms with Crippen LogP contribution in [-0.2, 0) is 20.8 Å². The van der Waals surface area contributed by atoms with Crippen LogP contribution in [0.3, 0.4) is 0 Å². The third-order valence-electron chi connectivity index (χ3n) is 4.86. The lowest BCUT2D eigenvalue weighted by atomic mass is 10.1. The Morgan fingerprint density at radius 2 is 2.15 bits per heavy atom. The molecule has 2 fully saturated rings. The molecule has 26 heavy (non-hydrogen) atoms. The van der Waals surface area contributed by atoms with Gasteiger partial charge in [0, 0.05) is 25.4 Å². The van der Waals surface area contributed by atoms with Gasteiger partial charge in [0.1, 0.15) is 15.8 Å². The fourth-order valence-electron chi connectivity index (χ4n) is 3.43. The van der Waals surface area contributed by atoms with Crippen molar-refractivity contribution in [3.05, 3.63) is 13.2 Å². The molecule has 3 atom stereocenters. The standard InChI is InChI=1S/C16H21I2N5O3/c1-8-3-2-6-23(8)15(26)11(7-10-13(17)22-16(18)21-10)20-14(25)9-4-5-12(24)19-9/h8-9,11H,2-7H2,1H3,(H,19,24)(H,20,25)(H,21,22). The first-order valence-corrected chi connectivity index (χ1v) is 10.8. The fraction of sp³-hybridized carbons (Fsp3) is 0.625. The lowest BCUT2D eigenvalue weighted by Gasteiger charge is -2.28. The van der Waals surface area contributed by atoms with E-state index >= 15 is 0 Å². The van der Waals surface area contributed by atoms with Crippen LogP contribution in [0.4, 0.5) is 0 Å². The fourth-order valence-corrected chi connectivity index (χ4v) is 5.10. The highest BCUT2D eigenvalue weighted by molar-refractivity contribution is 14.1. The lowest BCUT2D eigenvalue weighted by Crippen LogP contribution is -2.54. The van der Waals surface area contributed by atoms with Crippen LogP contribution in [0.25, 0.3) is 0 Å². The number of aromatic amines is 1. The second-order valence-electron chi connectivity index (χ2n) is 6.74. The van der Waals surface area contributed by atoms with Crippen molar-refractivity contribution in [3.8, 4) is 0 Å². The Morgan fingerprint density at radius 1 is 1.38 bits per heavy atom. The zero-order chi connectivity index (χ0) is 18.8. The highest BCUT2D eigenvalue weighted by atomic mass is 127. The minimum atomic E-state index is -0.687. The van der Waals surface area contributed by atoms with Crippen molar-refractivity contribution in [3.63, 3.8) is 0 Å².